The SMILES string of the molecule is C1=CC2=C3N=C4N=C(N=c5c6ccccc6c6n5C[N+]3=C(N=C3N=C(N=6)c5ccccc53)C2C=C1)c1ccccc14. The van der Waals surface area contributed by atoms with E-state index in [-0.39, 0.29) is 5.92 Å². The molecule has 8 nitrogen and oxygen atoms in total. The van der Waals surface area contributed by atoms with Gasteiger partial charge in [0.05, 0.1) is 5.92 Å². The quantitative estimate of drug-likeness (QED) is 0.313. The van der Waals surface area contributed by atoms with E-state index in [9.17, 15) is 0 Å². The molecule has 41 heavy (non-hydrogen) atoms. The van der Waals surface area contributed by atoms with Crippen molar-refractivity contribution in [3.63, 3.8) is 0 Å². The molecule has 5 aliphatic heterocycles. The molecule has 0 N–H and O–H groups in total. The molecular weight excluding hydrogens is 508 g/mol. The normalized spacial score (nSPS) is 20.4. The predicted molar refractivity (Wildman–Crippen MR) is 157 cm³/mol. The van der Waals surface area contributed by atoms with Crippen LogP contribution in [0.25, 0.3) is 10.8 Å². The van der Waals surface area contributed by atoms with Crippen LogP contribution in [-0.4, -0.2) is 38.3 Å². The topological polar surface area (TPSA) is 82.1 Å². The predicted octanol–water partition coefficient (Wildman–Crippen LogP) is 3.66. The van der Waals surface area contributed by atoms with Crippen LogP contribution in [0, 0.1) is 5.92 Å². The third-order valence-corrected chi connectivity index (χ3v) is 8.39. The first-order valence-electron chi connectivity index (χ1n) is 13.6. The molecule has 0 radical (unpaired) electrons. The third-order valence-electron chi connectivity index (χ3n) is 8.39. The Morgan fingerprint density at radius 2 is 1.12 bits per heavy atom. The van der Waals surface area contributed by atoms with Crippen molar-refractivity contribution >= 4 is 40.0 Å². The first-order chi connectivity index (χ1) is 20.3. The Hall–Kier alpha value is -5.63. The van der Waals surface area contributed by atoms with Gasteiger partial charge >= 0.3 is 0 Å². The molecule has 8 heteroatoms. The largest absolute Gasteiger partial charge is 0.278 e. The molecular formula is C33H19N8+. The Kier molecular flexibility index (Phi) is 3.89. The van der Waals surface area contributed by atoms with Crippen molar-refractivity contribution in [3.05, 3.63) is 142 Å². The van der Waals surface area contributed by atoms with Crippen LogP contribution in [0.15, 0.2) is 138 Å². The summed E-state index contributed by atoms with van der Waals surface area (Å²) < 4.78 is 4.36. The van der Waals surface area contributed by atoms with Gasteiger partial charge in [0.1, 0.15) is 11.0 Å². The molecule has 6 bridgehead atoms. The molecule has 1 unspecified atom stereocenters. The number of amidine groups is 5. The Morgan fingerprint density at radius 3 is 1.73 bits per heavy atom. The lowest BCUT2D eigenvalue weighted by Crippen LogP contribution is -2.35. The summed E-state index contributed by atoms with van der Waals surface area (Å²) in [6, 6.07) is 24.7. The Bertz CT molecular complexity index is 2320. The van der Waals surface area contributed by atoms with E-state index in [4.69, 9.17) is 30.0 Å². The second-order valence-electron chi connectivity index (χ2n) is 10.6. The van der Waals surface area contributed by atoms with Gasteiger partial charge in [0.15, 0.2) is 18.3 Å². The molecule has 6 aliphatic rings. The van der Waals surface area contributed by atoms with Crippen LogP contribution in [0.4, 0.5) is 0 Å². The van der Waals surface area contributed by atoms with E-state index in [0.29, 0.717) is 30.0 Å². The van der Waals surface area contributed by atoms with E-state index in [1.807, 2.05) is 36.4 Å². The lowest BCUT2D eigenvalue weighted by atomic mass is 9.95. The highest BCUT2D eigenvalue weighted by Gasteiger charge is 2.42. The minimum absolute atomic E-state index is 0.0655. The molecule has 0 saturated carbocycles. The number of aromatic nitrogens is 1. The van der Waals surface area contributed by atoms with Gasteiger partial charge in [-0.1, -0.05) is 95.0 Å². The monoisotopic (exact) mass is 527 g/mol. The zero-order valence-electron chi connectivity index (χ0n) is 21.6. The van der Waals surface area contributed by atoms with Crippen LogP contribution in [-0.2, 0) is 6.67 Å². The summed E-state index contributed by atoms with van der Waals surface area (Å²) in [6.45, 7) is 0.444. The molecule has 0 fully saturated rings. The maximum absolute atomic E-state index is 5.26. The average molecular weight is 528 g/mol. The van der Waals surface area contributed by atoms with Gasteiger partial charge in [-0.3, -0.25) is 4.57 Å². The Balaban J connectivity index is 1.44. The van der Waals surface area contributed by atoms with E-state index in [1.165, 1.54) is 0 Å². The Labute approximate surface area is 233 Å². The van der Waals surface area contributed by atoms with Crippen molar-refractivity contribution < 1.29 is 4.58 Å². The second kappa shape index (κ2) is 7.51. The van der Waals surface area contributed by atoms with Crippen LogP contribution in [0.1, 0.15) is 22.3 Å². The van der Waals surface area contributed by atoms with Crippen molar-refractivity contribution in [2.45, 2.75) is 6.67 Å². The molecule has 1 atom stereocenters. The van der Waals surface area contributed by atoms with Crippen LogP contribution in [0.3, 0.4) is 0 Å². The molecule has 6 heterocycles. The second-order valence-corrected chi connectivity index (χ2v) is 10.6. The van der Waals surface area contributed by atoms with E-state index in [2.05, 4.69) is 69.8 Å². The fraction of sp³-hybridized carbons (Fsp3) is 0.0606. The van der Waals surface area contributed by atoms with Gasteiger partial charge in [0, 0.05) is 38.6 Å². The van der Waals surface area contributed by atoms with Crippen molar-refractivity contribution in [1.29, 1.82) is 0 Å². The van der Waals surface area contributed by atoms with Gasteiger partial charge in [-0.05, 0) is 12.1 Å². The van der Waals surface area contributed by atoms with Gasteiger partial charge in [-0.25, -0.2) is 14.6 Å². The first-order valence-corrected chi connectivity index (χ1v) is 13.6. The van der Waals surface area contributed by atoms with Gasteiger partial charge < -0.3 is 0 Å². The maximum atomic E-state index is 5.26. The minimum atomic E-state index is -0.0655. The summed E-state index contributed by atoms with van der Waals surface area (Å²) in [4.78, 5) is 31.0. The van der Waals surface area contributed by atoms with Gasteiger partial charge in [0.25, 0.3) is 11.7 Å². The lowest BCUT2D eigenvalue weighted by Gasteiger charge is -2.10. The zero-order chi connectivity index (χ0) is 26.7. The number of allylic oxidation sites excluding steroid dienone is 3. The molecule has 1 aliphatic carbocycles. The number of aliphatic imine (C=N–C) groups is 4. The van der Waals surface area contributed by atoms with Crippen molar-refractivity contribution in [3.8, 4) is 0 Å². The summed E-state index contributed by atoms with van der Waals surface area (Å²) in [6.07, 6.45) is 8.47. The zero-order valence-corrected chi connectivity index (χ0v) is 21.6. The minimum Gasteiger partial charge on any atom is -0.278 e. The van der Waals surface area contributed by atoms with Crippen LogP contribution in [0.5, 0.6) is 0 Å². The summed E-state index contributed by atoms with van der Waals surface area (Å²) in [5.74, 6) is 4.29. The number of nitrogens with zero attached hydrogens (tertiary/aromatic N) is 8. The van der Waals surface area contributed by atoms with Gasteiger partial charge in [-0.2, -0.15) is 9.98 Å². The number of hydrogen-bond donors (Lipinski definition) is 0. The standard InChI is InChI=1S/C33H19N8/c1-2-10-19-18(9-1)26-34-27(19)37-31-24-15-7-8-16-25(24)33-39-29-21-12-4-3-11-20(21)28(35-29)38-32-23-14-6-5-13-22(23)30(36-26)40(32)17-41(31)33/h1-16,22H,17H2/q+1. The van der Waals surface area contributed by atoms with Crippen LogP contribution < -0.4 is 11.0 Å². The number of benzene rings is 3. The summed E-state index contributed by atoms with van der Waals surface area (Å²) >= 11 is 0. The molecule has 0 spiro atoms. The molecule has 4 aromatic rings. The third kappa shape index (κ3) is 2.75. The number of fused-ring (bicyclic) bond motifs is 13. The van der Waals surface area contributed by atoms with Crippen molar-refractivity contribution in [1.82, 2.24) is 4.57 Å². The Morgan fingerprint density at radius 1 is 0.585 bits per heavy atom. The molecule has 190 valence electrons. The number of hydrogen-bond acceptors (Lipinski definition) is 6. The van der Waals surface area contributed by atoms with E-state index in [1.54, 1.807) is 0 Å². The van der Waals surface area contributed by atoms with E-state index in [0.717, 1.165) is 61.2 Å². The fourth-order valence-corrected chi connectivity index (χ4v) is 6.53. The maximum Gasteiger partial charge on any atom is 0.271 e. The van der Waals surface area contributed by atoms with Crippen LogP contribution >= 0.6 is 0 Å². The summed E-state index contributed by atoms with van der Waals surface area (Å²) in [5, 5.41) is 2.02. The van der Waals surface area contributed by atoms with Crippen molar-refractivity contribution in [2.24, 2.45) is 35.9 Å². The average Bonchev–Trinajstić information content (AvgIpc) is 3.72. The highest BCUT2D eigenvalue weighted by molar-refractivity contribution is 6.25. The van der Waals surface area contributed by atoms with E-state index >= 15 is 0 Å². The fourth-order valence-electron chi connectivity index (χ4n) is 6.53. The first kappa shape index (κ1) is 21.2. The molecule has 10 rings (SSSR count). The smallest absolute Gasteiger partial charge is 0.271 e. The van der Waals surface area contributed by atoms with Gasteiger partial charge in [0.2, 0.25) is 11.7 Å². The molecule has 0 saturated heterocycles. The summed E-state index contributed by atoms with van der Waals surface area (Å²) in [7, 11) is 0. The highest BCUT2D eigenvalue weighted by Crippen LogP contribution is 2.35. The molecule has 0 amide bonds. The molecule has 3 aromatic carbocycles. The lowest BCUT2D eigenvalue weighted by molar-refractivity contribution is -0.511. The molecule has 1 aromatic heterocycles. The number of rotatable bonds is 0. The highest BCUT2D eigenvalue weighted by atomic mass is 15.3. The van der Waals surface area contributed by atoms with E-state index < -0.39 is 0 Å². The summed E-state index contributed by atoms with van der Waals surface area (Å²) in [5.41, 5.74) is 6.60. The van der Waals surface area contributed by atoms with Gasteiger partial charge in [-0.15, -0.1) is 0 Å². The van der Waals surface area contributed by atoms with Crippen molar-refractivity contribution in [2.75, 3.05) is 0 Å². The van der Waals surface area contributed by atoms with Crippen LogP contribution in [0.2, 0.25) is 0 Å².